The van der Waals surface area contributed by atoms with Gasteiger partial charge < -0.3 is 10.6 Å². The fraction of sp³-hybridized carbons (Fsp3) is 0.611. The molecule has 1 aliphatic rings. The van der Waals surface area contributed by atoms with Crippen molar-refractivity contribution in [2.24, 2.45) is 11.7 Å². The Balaban J connectivity index is 2.06. The monoisotopic (exact) mass is 288 g/mol. The van der Waals surface area contributed by atoms with Crippen LogP contribution in [-0.4, -0.2) is 30.4 Å². The number of carbonyl (C=O) groups excluding carboxylic acids is 1. The number of nitrogens with two attached hydrogens (primary N) is 1. The van der Waals surface area contributed by atoms with Crippen LogP contribution in [0.4, 0.5) is 0 Å². The number of amides is 1. The van der Waals surface area contributed by atoms with E-state index in [1.54, 1.807) is 0 Å². The predicted molar refractivity (Wildman–Crippen MR) is 87.3 cm³/mol. The zero-order chi connectivity index (χ0) is 15.2. The number of hydrogen-bond acceptors (Lipinski definition) is 2. The normalized spacial score (nSPS) is 22.0. The Bertz CT molecular complexity index is 464. The van der Waals surface area contributed by atoms with E-state index in [0.29, 0.717) is 12.6 Å². The summed E-state index contributed by atoms with van der Waals surface area (Å²) in [6.45, 7) is 2.85. The standard InChI is InChI=1S/C18H28N2O/c1-3-14-8-10-16(11-9-14)20(2)18(21)17-7-5-4-6-15(17)12-13-19/h4-7,14,16H,3,8-13,19H2,1-2H3. The molecule has 3 heteroatoms. The summed E-state index contributed by atoms with van der Waals surface area (Å²) in [5.41, 5.74) is 7.55. The first kappa shape index (κ1) is 16.0. The summed E-state index contributed by atoms with van der Waals surface area (Å²) in [7, 11) is 1.96. The van der Waals surface area contributed by atoms with Crippen molar-refractivity contribution >= 4 is 5.91 Å². The molecule has 0 unspecified atom stereocenters. The van der Waals surface area contributed by atoms with Gasteiger partial charge in [0.15, 0.2) is 0 Å². The third-order valence-corrected chi connectivity index (χ3v) is 4.92. The Morgan fingerprint density at radius 1 is 1.24 bits per heavy atom. The molecule has 2 rings (SSSR count). The van der Waals surface area contributed by atoms with Gasteiger partial charge in [0.05, 0.1) is 0 Å². The topological polar surface area (TPSA) is 46.3 Å². The zero-order valence-electron chi connectivity index (χ0n) is 13.3. The maximum absolute atomic E-state index is 12.8. The highest BCUT2D eigenvalue weighted by Gasteiger charge is 2.27. The van der Waals surface area contributed by atoms with E-state index in [-0.39, 0.29) is 5.91 Å². The van der Waals surface area contributed by atoms with Crippen LogP contribution in [0.1, 0.15) is 54.9 Å². The van der Waals surface area contributed by atoms with Gasteiger partial charge >= 0.3 is 0 Å². The Labute approximate surface area is 128 Å². The number of hydrogen-bond donors (Lipinski definition) is 1. The predicted octanol–water partition coefficient (Wildman–Crippen LogP) is 3.23. The summed E-state index contributed by atoms with van der Waals surface area (Å²) in [4.78, 5) is 14.7. The minimum atomic E-state index is 0.152. The molecule has 1 aromatic rings. The van der Waals surface area contributed by atoms with Crippen LogP contribution in [-0.2, 0) is 6.42 Å². The molecule has 1 fully saturated rings. The van der Waals surface area contributed by atoms with Crippen LogP contribution in [0.15, 0.2) is 24.3 Å². The summed E-state index contributed by atoms with van der Waals surface area (Å²) >= 11 is 0. The van der Waals surface area contributed by atoms with E-state index in [1.807, 2.05) is 36.2 Å². The van der Waals surface area contributed by atoms with Gasteiger partial charge in [0.25, 0.3) is 5.91 Å². The molecule has 0 aliphatic heterocycles. The molecule has 0 spiro atoms. The van der Waals surface area contributed by atoms with Gasteiger partial charge in [-0.05, 0) is 56.2 Å². The summed E-state index contributed by atoms with van der Waals surface area (Å²) < 4.78 is 0. The average molecular weight is 288 g/mol. The zero-order valence-corrected chi connectivity index (χ0v) is 13.3. The highest BCUT2D eigenvalue weighted by atomic mass is 16.2. The molecule has 21 heavy (non-hydrogen) atoms. The number of nitrogens with zero attached hydrogens (tertiary/aromatic N) is 1. The largest absolute Gasteiger partial charge is 0.339 e. The van der Waals surface area contributed by atoms with Gasteiger partial charge in [0.1, 0.15) is 0 Å². The van der Waals surface area contributed by atoms with Gasteiger partial charge in [-0.25, -0.2) is 0 Å². The Kier molecular flexibility index (Phi) is 5.80. The average Bonchev–Trinajstić information content (AvgIpc) is 2.54. The number of rotatable bonds is 5. The van der Waals surface area contributed by atoms with Gasteiger partial charge in [0.2, 0.25) is 0 Å². The molecule has 1 aromatic carbocycles. The molecule has 1 amide bonds. The number of carbonyl (C=O) groups is 1. The van der Waals surface area contributed by atoms with Crippen molar-refractivity contribution in [2.45, 2.75) is 51.5 Å². The Hall–Kier alpha value is -1.35. The first-order chi connectivity index (χ1) is 10.2. The fourth-order valence-electron chi connectivity index (χ4n) is 3.40. The van der Waals surface area contributed by atoms with Gasteiger partial charge in [-0.2, -0.15) is 0 Å². The van der Waals surface area contributed by atoms with Gasteiger partial charge in [-0.1, -0.05) is 31.5 Å². The third kappa shape index (κ3) is 3.85. The quantitative estimate of drug-likeness (QED) is 0.904. The SMILES string of the molecule is CCC1CCC(N(C)C(=O)c2ccccc2CCN)CC1. The third-order valence-electron chi connectivity index (χ3n) is 4.92. The second kappa shape index (κ2) is 7.60. The molecule has 0 saturated heterocycles. The van der Waals surface area contributed by atoms with E-state index in [1.165, 1.54) is 19.3 Å². The fourth-order valence-corrected chi connectivity index (χ4v) is 3.40. The van der Waals surface area contributed by atoms with Crippen molar-refractivity contribution in [3.63, 3.8) is 0 Å². The van der Waals surface area contributed by atoms with Crippen molar-refractivity contribution in [3.05, 3.63) is 35.4 Å². The first-order valence-electron chi connectivity index (χ1n) is 8.22. The van der Waals surface area contributed by atoms with Crippen LogP contribution in [0, 0.1) is 5.92 Å². The van der Waals surface area contributed by atoms with Crippen molar-refractivity contribution in [2.75, 3.05) is 13.6 Å². The summed E-state index contributed by atoms with van der Waals surface area (Å²) in [6.07, 6.45) is 6.81. The van der Waals surface area contributed by atoms with Crippen LogP contribution in [0.2, 0.25) is 0 Å². The van der Waals surface area contributed by atoms with Crippen LogP contribution < -0.4 is 5.73 Å². The maximum atomic E-state index is 12.8. The minimum Gasteiger partial charge on any atom is -0.339 e. The van der Waals surface area contributed by atoms with Crippen LogP contribution in [0.3, 0.4) is 0 Å². The van der Waals surface area contributed by atoms with E-state index in [4.69, 9.17) is 5.73 Å². The molecule has 1 aliphatic carbocycles. The molecule has 0 aromatic heterocycles. The van der Waals surface area contributed by atoms with Crippen LogP contribution in [0.5, 0.6) is 0 Å². The second-order valence-corrected chi connectivity index (χ2v) is 6.19. The van der Waals surface area contributed by atoms with Crippen molar-refractivity contribution in [1.29, 1.82) is 0 Å². The van der Waals surface area contributed by atoms with Crippen LogP contribution >= 0.6 is 0 Å². The van der Waals surface area contributed by atoms with E-state index >= 15 is 0 Å². The van der Waals surface area contributed by atoms with E-state index in [2.05, 4.69) is 6.92 Å². The van der Waals surface area contributed by atoms with Crippen molar-refractivity contribution in [1.82, 2.24) is 4.90 Å². The lowest BCUT2D eigenvalue weighted by Crippen LogP contribution is -2.39. The molecule has 2 N–H and O–H groups in total. The van der Waals surface area contributed by atoms with Gasteiger partial charge in [0, 0.05) is 18.7 Å². The van der Waals surface area contributed by atoms with Gasteiger partial charge in [-0.15, -0.1) is 0 Å². The molecule has 0 bridgehead atoms. The summed E-state index contributed by atoms with van der Waals surface area (Å²) in [5.74, 6) is 1.01. The molecule has 1 saturated carbocycles. The lowest BCUT2D eigenvalue weighted by Gasteiger charge is -2.34. The second-order valence-electron chi connectivity index (χ2n) is 6.19. The molecule has 0 radical (unpaired) electrons. The van der Waals surface area contributed by atoms with E-state index in [0.717, 1.165) is 36.3 Å². The Morgan fingerprint density at radius 2 is 1.90 bits per heavy atom. The Morgan fingerprint density at radius 3 is 2.52 bits per heavy atom. The van der Waals surface area contributed by atoms with E-state index < -0.39 is 0 Å². The lowest BCUT2D eigenvalue weighted by molar-refractivity contribution is 0.0673. The molecule has 0 heterocycles. The molecule has 116 valence electrons. The summed E-state index contributed by atoms with van der Waals surface area (Å²) in [6, 6.07) is 8.26. The first-order valence-corrected chi connectivity index (χ1v) is 8.22. The molecule has 3 nitrogen and oxygen atoms in total. The molecular weight excluding hydrogens is 260 g/mol. The van der Waals surface area contributed by atoms with Crippen LogP contribution in [0.25, 0.3) is 0 Å². The minimum absolute atomic E-state index is 0.152. The smallest absolute Gasteiger partial charge is 0.254 e. The lowest BCUT2D eigenvalue weighted by atomic mass is 9.84. The summed E-state index contributed by atoms with van der Waals surface area (Å²) in [5, 5.41) is 0. The molecule has 0 atom stereocenters. The van der Waals surface area contributed by atoms with Crippen molar-refractivity contribution < 1.29 is 4.79 Å². The van der Waals surface area contributed by atoms with Crippen molar-refractivity contribution in [3.8, 4) is 0 Å². The van der Waals surface area contributed by atoms with Gasteiger partial charge in [-0.3, -0.25) is 4.79 Å². The maximum Gasteiger partial charge on any atom is 0.254 e. The highest BCUT2D eigenvalue weighted by Crippen LogP contribution is 2.29. The van der Waals surface area contributed by atoms with E-state index in [9.17, 15) is 4.79 Å². The highest BCUT2D eigenvalue weighted by molar-refractivity contribution is 5.95. The molecular formula is C18H28N2O. The number of benzene rings is 1.